The van der Waals surface area contributed by atoms with Gasteiger partial charge >= 0.3 is 0 Å². The molecule has 3 heteroatoms. The highest BCUT2D eigenvalue weighted by Gasteiger charge is 2.21. The molecule has 1 aliphatic heterocycles. The van der Waals surface area contributed by atoms with E-state index < -0.39 is 0 Å². The molecule has 1 aliphatic rings. The van der Waals surface area contributed by atoms with E-state index in [1.165, 1.54) is 12.1 Å². The molecule has 1 fully saturated rings. The van der Waals surface area contributed by atoms with Gasteiger partial charge in [0.2, 0.25) is 5.91 Å². The van der Waals surface area contributed by atoms with E-state index in [1.807, 2.05) is 0 Å². The summed E-state index contributed by atoms with van der Waals surface area (Å²) in [5.74, 6) is -0.281. The normalized spacial score (nSPS) is 16.7. The van der Waals surface area contributed by atoms with Crippen LogP contribution in [-0.2, 0) is 4.79 Å². The summed E-state index contributed by atoms with van der Waals surface area (Å²) in [4.78, 5) is 12.9. The van der Waals surface area contributed by atoms with Crippen LogP contribution in [0.5, 0.6) is 0 Å². The maximum Gasteiger partial charge on any atom is 0.227 e. The molecule has 1 amide bonds. The molecule has 1 radical (unpaired) electrons. The van der Waals surface area contributed by atoms with E-state index in [-0.39, 0.29) is 11.7 Å². The third-order valence-electron chi connectivity index (χ3n) is 2.12. The van der Waals surface area contributed by atoms with Crippen LogP contribution in [0.1, 0.15) is 12.8 Å². The minimum atomic E-state index is -0.350. The highest BCUT2D eigenvalue weighted by atomic mass is 19.1. The Morgan fingerprint density at radius 2 is 2.31 bits per heavy atom. The van der Waals surface area contributed by atoms with Gasteiger partial charge in [-0.05, 0) is 30.7 Å². The van der Waals surface area contributed by atoms with E-state index in [4.69, 9.17) is 0 Å². The maximum atomic E-state index is 12.8. The lowest BCUT2D eigenvalue weighted by Crippen LogP contribution is -2.23. The summed E-state index contributed by atoms with van der Waals surface area (Å²) in [7, 11) is 0. The molecule has 0 spiro atoms. The highest BCUT2D eigenvalue weighted by Crippen LogP contribution is 2.21. The van der Waals surface area contributed by atoms with E-state index in [0.29, 0.717) is 18.7 Å². The monoisotopic (exact) mass is 178 g/mol. The molecule has 0 bridgehead atoms. The van der Waals surface area contributed by atoms with Crippen molar-refractivity contribution in [2.45, 2.75) is 12.8 Å². The smallest absolute Gasteiger partial charge is 0.227 e. The summed E-state index contributed by atoms with van der Waals surface area (Å²) >= 11 is 0. The number of carbonyl (C=O) groups excluding carboxylic acids is 1. The first-order valence-electron chi connectivity index (χ1n) is 4.24. The van der Waals surface area contributed by atoms with Gasteiger partial charge in [0.15, 0.2) is 0 Å². The van der Waals surface area contributed by atoms with Gasteiger partial charge in [-0.25, -0.2) is 4.39 Å². The molecule has 0 aromatic heterocycles. The van der Waals surface area contributed by atoms with Crippen molar-refractivity contribution >= 4 is 11.6 Å². The average molecular weight is 178 g/mol. The van der Waals surface area contributed by atoms with Crippen LogP contribution in [0.15, 0.2) is 18.2 Å². The maximum absolute atomic E-state index is 12.8. The van der Waals surface area contributed by atoms with Crippen LogP contribution >= 0.6 is 0 Å². The molecule has 0 unspecified atom stereocenters. The lowest BCUT2D eigenvalue weighted by atomic mass is 10.3. The fourth-order valence-electron chi connectivity index (χ4n) is 1.51. The zero-order valence-electron chi connectivity index (χ0n) is 7.09. The van der Waals surface area contributed by atoms with Crippen molar-refractivity contribution in [3.05, 3.63) is 30.1 Å². The van der Waals surface area contributed by atoms with Crippen LogP contribution in [0.3, 0.4) is 0 Å². The van der Waals surface area contributed by atoms with Crippen LogP contribution in [0.25, 0.3) is 0 Å². The van der Waals surface area contributed by atoms with Crippen LogP contribution < -0.4 is 4.90 Å². The molecular weight excluding hydrogens is 169 g/mol. The van der Waals surface area contributed by atoms with E-state index in [9.17, 15) is 9.18 Å². The number of benzene rings is 1. The van der Waals surface area contributed by atoms with Gasteiger partial charge in [-0.3, -0.25) is 4.79 Å². The third-order valence-corrected chi connectivity index (χ3v) is 2.12. The molecule has 1 heterocycles. The predicted molar refractivity (Wildman–Crippen MR) is 46.8 cm³/mol. The molecule has 2 nitrogen and oxygen atoms in total. The summed E-state index contributed by atoms with van der Waals surface area (Å²) in [6, 6.07) is 6.90. The Bertz CT molecular complexity index is 337. The fraction of sp³-hybridized carbons (Fsp3) is 0.300. The molecule has 2 rings (SSSR count). The van der Waals surface area contributed by atoms with Gasteiger partial charge in [-0.2, -0.15) is 0 Å². The van der Waals surface area contributed by atoms with Crippen molar-refractivity contribution in [2.24, 2.45) is 0 Å². The largest absolute Gasteiger partial charge is 0.312 e. The predicted octanol–water partition coefficient (Wildman–Crippen LogP) is 1.75. The number of anilines is 1. The first-order valence-corrected chi connectivity index (χ1v) is 4.24. The van der Waals surface area contributed by atoms with Crippen molar-refractivity contribution < 1.29 is 9.18 Å². The number of carbonyl (C=O) groups is 1. The second-order valence-corrected chi connectivity index (χ2v) is 3.06. The van der Waals surface area contributed by atoms with Gasteiger partial charge in [0.25, 0.3) is 0 Å². The molecule has 13 heavy (non-hydrogen) atoms. The summed E-state index contributed by atoms with van der Waals surface area (Å²) in [5.41, 5.74) is 0.613. The Kier molecular flexibility index (Phi) is 2.00. The van der Waals surface area contributed by atoms with Crippen molar-refractivity contribution in [1.29, 1.82) is 0 Å². The van der Waals surface area contributed by atoms with Gasteiger partial charge in [-0.15, -0.1) is 0 Å². The second-order valence-electron chi connectivity index (χ2n) is 3.06. The van der Waals surface area contributed by atoms with Crippen LogP contribution in [0, 0.1) is 11.9 Å². The van der Waals surface area contributed by atoms with Crippen molar-refractivity contribution in [1.82, 2.24) is 0 Å². The summed E-state index contributed by atoms with van der Waals surface area (Å²) in [6.07, 6.45) is 1.42. The molecule has 1 saturated heterocycles. The zero-order valence-corrected chi connectivity index (χ0v) is 7.09. The fourth-order valence-corrected chi connectivity index (χ4v) is 1.51. The summed E-state index contributed by atoms with van der Waals surface area (Å²) in [6.45, 7) is 0.691. The van der Waals surface area contributed by atoms with E-state index in [0.717, 1.165) is 6.42 Å². The first-order chi connectivity index (χ1) is 6.27. The standard InChI is InChI=1S/C10H9FNO/c11-8-3-1-4-9(7-8)12-6-2-5-10(12)13/h3-4,7H,2,5-6H2. The third kappa shape index (κ3) is 1.54. The minimum absolute atomic E-state index is 0.0685. The Balaban J connectivity index is 2.29. The Morgan fingerprint density at radius 1 is 1.46 bits per heavy atom. The molecule has 1 aromatic rings. The van der Waals surface area contributed by atoms with Crippen LogP contribution in [-0.4, -0.2) is 12.5 Å². The summed E-state index contributed by atoms with van der Waals surface area (Å²) < 4.78 is 12.8. The molecular formula is C10H9FNO. The van der Waals surface area contributed by atoms with E-state index in [1.54, 1.807) is 11.0 Å². The highest BCUT2D eigenvalue weighted by molar-refractivity contribution is 5.95. The SMILES string of the molecule is O=C1CCCN1c1c[c]cc(F)c1. The van der Waals surface area contributed by atoms with Crippen molar-refractivity contribution in [3.63, 3.8) is 0 Å². The molecule has 0 atom stereocenters. The lowest BCUT2D eigenvalue weighted by molar-refractivity contribution is -0.117. The molecule has 0 N–H and O–H groups in total. The first kappa shape index (κ1) is 8.23. The van der Waals surface area contributed by atoms with Gasteiger partial charge in [-0.1, -0.05) is 0 Å². The second kappa shape index (κ2) is 3.17. The molecule has 0 saturated carbocycles. The lowest BCUT2D eigenvalue weighted by Gasteiger charge is -2.14. The minimum Gasteiger partial charge on any atom is -0.312 e. The van der Waals surface area contributed by atoms with Crippen LogP contribution in [0.2, 0.25) is 0 Å². The molecule has 0 aliphatic carbocycles. The average Bonchev–Trinajstić information content (AvgIpc) is 2.51. The van der Waals surface area contributed by atoms with Gasteiger partial charge in [0.05, 0.1) is 0 Å². The number of rotatable bonds is 1. The van der Waals surface area contributed by atoms with Gasteiger partial charge in [0.1, 0.15) is 5.82 Å². The topological polar surface area (TPSA) is 20.3 Å². The van der Waals surface area contributed by atoms with Crippen LogP contribution in [0.4, 0.5) is 10.1 Å². The molecule has 67 valence electrons. The number of halogens is 1. The summed E-state index contributed by atoms with van der Waals surface area (Å²) in [5, 5.41) is 0. The number of hydrogen-bond acceptors (Lipinski definition) is 1. The van der Waals surface area contributed by atoms with Crippen molar-refractivity contribution in [2.75, 3.05) is 11.4 Å². The number of amides is 1. The zero-order chi connectivity index (χ0) is 9.26. The number of nitrogens with zero attached hydrogens (tertiary/aromatic N) is 1. The van der Waals surface area contributed by atoms with Gasteiger partial charge in [0, 0.05) is 18.7 Å². The molecule has 1 aromatic carbocycles. The quantitative estimate of drug-likeness (QED) is 0.641. The van der Waals surface area contributed by atoms with Gasteiger partial charge < -0.3 is 4.90 Å². The Labute approximate surface area is 76.0 Å². The Morgan fingerprint density at radius 3 is 2.92 bits per heavy atom. The van der Waals surface area contributed by atoms with E-state index in [2.05, 4.69) is 6.07 Å². The number of hydrogen-bond donors (Lipinski definition) is 0. The van der Waals surface area contributed by atoms with Crippen molar-refractivity contribution in [3.8, 4) is 0 Å². The van der Waals surface area contributed by atoms with E-state index >= 15 is 0 Å². The Hall–Kier alpha value is -1.38.